The van der Waals surface area contributed by atoms with Gasteiger partial charge in [-0.1, -0.05) is 0 Å². The van der Waals surface area contributed by atoms with Crippen LogP contribution in [0.5, 0.6) is 0 Å². The number of aryl methyl sites for hydroxylation is 2. The maximum atomic E-state index is 11.9. The molecule has 0 radical (unpaired) electrons. The topological polar surface area (TPSA) is 65.8 Å². The first-order chi connectivity index (χ1) is 7.25. The van der Waals surface area contributed by atoms with Gasteiger partial charge in [-0.25, -0.2) is 4.79 Å². The summed E-state index contributed by atoms with van der Waals surface area (Å²) in [7, 11) is 1.76. The lowest BCUT2D eigenvalue weighted by molar-refractivity contribution is 0.630. The van der Waals surface area contributed by atoms with Crippen molar-refractivity contribution in [3.05, 3.63) is 28.9 Å². The van der Waals surface area contributed by atoms with Crippen molar-refractivity contribution in [1.82, 2.24) is 14.1 Å². The number of fused-ring (bicyclic) bond motifs is 1. The monoisotopic (exact) mass is 206 g/mol. The summed E-state index contributed by atoms with van der Waals surface area (Å²) in [5.74, 6) is 0. The van der Waals surface area contributed by atoms with Crippen LogP contribution in [0.1, 0.15) is 6.42 Å². The number of rotatable bonds is 3. The average molecular weight is 206 g/mol. The Morgan fingerprint density at radius 2 is 2.27 bits per heavy atom. The minimum absolute atomic E-state index is 0.00792. The van der Waals surface area contributed by atoms with Gasteiger partial charge in [-0.3, -0.25) is 14.1 Å². The number of nitrogens with zero attached hydrogens (tertiary/aromatic N) is 3. The summed E-state index contributed by atoms with van der Waals surface area (Å²) in [6, 6.07) is 1.85. The summed E-state index contributed by atoms with van der Waals surface area (Å²) in [5, 5.41) is 0. The van der Waals surface area contributed by atoms with E-state index in [0.29, 0.717) is 13.1 Å². The molecule has 80 valence electrons. The number of nitrogens with two attached hydrogens (primary N) is 1. The Morgan fingerprint density at radius 3 is 3.00 bits per heavy atom. The molecule has 2 aromatic heterocycles. The Morgan fingerprint density at radius 1 is 1.47 bits per heavy atom. The van der Waals surface area contributed by atoms with E-state index in [1.54, 1.807) is 28.6 Å². The molecule has 0 amide bonds. The maximum Gasteiger partial charge on any atom is 0.328 e. The molecule has 0 bridgehead atoms. The summed E-state index contributed by atoms with van der Waals surface area (Å²) in [6.07, 6.45) is 4.21. The van der Waals surface area contributed by atoms with Gasteiger partial charge in [-0.15, -0.1) is 0 Å². The highest BCUT2D eigenvalue weighted by atomic mass is 16.1. The molecule has 0 aromatic carbocycles. The first-order valence-corrected chi connectivity index (χ1v) is 4.95. The Hall–Kier alpha value is -1.62. The summed E-state index contributed by atoms with van der Waals surface area (Å²) < 4.78 is 3.35. The van der Waals surface area contributed by atoms with Crippen molar-refractivity contribution in [2.75, 3.05) is 6.54 Å². The number of hydrogen-bond acceptors (Lipinski definition) is 3. The van der Waals surface area contributed by atoms with Crippen molar-refractivity contribution in [1.29, 1.82) is 0 Å². The van der Waals surface area contributed by atoms with Crippen LogP contribution in [0.15, 0.2) is 23.3 Å². The molecule has 2 N–H and O–H groups in total. The van der Waals surface area contributed by atoms with Crippen molar-refractivity contribution in [2.45, 2.75) is 13.0 Å². The molecule has 0 aliphatic heterocycles. The zero-order chi connectivity index (χ0) is 10.8. The van der Waals surface area contributed by atoms with Crippen LogP contribution in [-0.4, -0.2) is 20.7 Å². The lowest BCUT2D eigenvalue weighted by atomic mass is 10.4. The predicted molar refractivity (Wildman–Crippen MR) is 58.6 cm³/mol. The highest BCUT2D eigenvalue weighted by Gasteiger charge is 2.08. The first kappa shape index (κ1) is 9.92. The van der Waals surface area contributed by atoms with Gasteiger partial charge in [0.2, 0.25) is 0 Å². The number of imidazole rings is 1. The molecule has 0 saturated heterocycles. The van der Waals surface area contributed by atoms with E-state index in [1.165, 1.54) is 0 Å². The highest BCUT2D eigenvalue weighted by Crippen LogP contribution is 2.09. The van der Waals surface area contributed by atoms with Crippen LogP contribution in [0.2, 0.25) is 0 Å². The standard InChI is InChI=1S/C10H14N4O/c1-13-9-7-12-5-3-8(9)14(10(13)15)6-2-4-11/h3,5,7H,2,4,6,11H2,1H3. The molecule has 5 heteroatoms. The molecule has 15 heavy (non-hydrogen) atoms. The quantitative estimate of drug-likeness (QED) is 0.773. The first-order valence-electron chi connectivity index (χ1n) is 4.95. The van der Waals surface area contributed by atoms with Crippen LogP contribution in [-0.2, 0) is 13.6 Å². The third kappa shape index (κ3) is 1.55. The van der Waals surface area contributed by atoms with Gasteiger partial charge >= 0.3 is 5.69 Å². The fraction of sp³-hybridized carbons (Fsp3) is 0.400. The van der Waals surface area contributed by atoms with Gasteiger partial charge < -0.3 is 5.73 Å². The Balaban J connectivity index is 2.62. The van der Waals surface area contributed by atoms with E-state index < -0.39 is 0 Å². The SMILES string of the molecule is Cn1c(=O)n(CCCN)c2ccncc21. The summed E-state index contributed by atoms with van der Waals surface area (Å²) in [4.78, 5) is 15.9. The lowest BCUT2D eigenvalue weighted by Gasteiger charge is -2.00. The predicted octanol–water partition coefficient (Wildman–Crippen LogP) is 0.0838. The molecule has 0 unspecified atom stereocenters. The molecular weight excluding hydrogens is 192 g/mol. The van der Waals surface area contributed by atoms with Gasteiger partial charge in [-0.05, 0) is 19.0 Å². The summed E-state index contributed by atoms with van der Waals surface area (Å²) >= 11 is 0. The van der Waals surface area contributed by atoms with Crippen LogP contribution in [0.4, 0.5) is 0 Å². The van der Waals surface area contributed by atoms with Crippen molar-refractivity contribution >= 4 is 11.0 Å². The van der Waals surface area contributed by atoms with Gasteiger partial charge in [-0.2, -0.15) is 0 Å². The molecule has 0 aliphatic rings. The van der Waals surface area contributed by atoms with Crippen molar-refractivity contribution in [2.24, 2.45) is 12.8 Å². The summed E-state index contributed by atoms with van der Waals surface area (Å²) in [5.41, 5.74) is 7.22. The molecule has 0 saturated carbocycles. The molecule has 5 nitrogen and oxygen atoms in total. The molecule has 0 aliphatic carbocycles. The van der Waals surface area contributed by atoms with Crippen molar-refractivity contribution < 1.29 is 0 Å². The number of aromatic nitrogens is 3. The normalized spacial score (nSPS) is 11.1. The highest BCUT2D eigenvalue weighted by molar-refractivity contribution is 5.74. The minimum atomic E-state index is -0.00792. The van der Waals surface area contributed by atoms with E-state index in [4.69, 9.17) is 5.73 Å². The van der Waals surface area contributed by atoms with Crippen LogP contribution < -0.4 is 11.4 Å². The second-order valence-electron chi connectivity index (χ2n) is 3.50. The second kappa shape index (κ2) is 3.86. The second-order valence-corrected chi connectivity index (χ2v) is 3.50. The van der Waals surface area contributed by atoms with Gasteiger partial charge in [0.1, 0.15) is 0 Å². The van der Waals surface area contributed by atoms with E-state index in [9.17, 15) is 4.79 Å². The van der Waals surface area contributed by atoms with Crippen LogP contribution in [0.3, 0.4) is 0 Å². The van der Waals surface area contributed by atoms with Crippen molar-refractivity contribution in [3.8, 4) is 0 Å². The van der Waals surface area contributed by atoms with Gasteiger partial charge in [0, 0.05) is 19.8 Å². The van der Waals surface area contributed by atoms with E-state index in [1.807, 2.05) is 6.07 Å². The van der Waals surface area contributed by atoms with E-state index in [2.05, 4.69) is 4.98 Å². The molecular formula is C10H14N4O. The van der Waals surface area contributed by atoms with E-state index >= 15 is 0 Å². The van der Waals surface area contributed by atoms with Crippen LogP contribution in [0, 0.1) is 0 Å². The Labute approximate surface area is 87.1 Å². The van der Waals surface area contributed by atoms with E-state index in [-0.39, 0.29) is 5.69 Å². The third-order valence-corrected chi connectivity index (χ3v) is 2.53. The molecule has 0 fully saturated rings. The van der Waals surface area contributed by atoms with Crippen molar-refractivity contribution in [3.63, 3.8) is 0 Å². The smallest absolute Gasteiger partial charge is 0.328 e. The molecule has 0 spiro atoms. The average Bonchev–Trinajstić information content (AvgIpc) is 2.51. The zero-order valence-electron chi connectivity index (χ0n) is 8.68. The molecule has 0 atom stereocenters. The largest absolute Gasteiger partial charge is 0.330 e. The molecule has 2 rings (SSSR count). The van der Waals surface area contributed by atoms with Crippen LogP contribution in [0.25, 0.3) is 11.0 Å². The summed E-state index contributed by atoms with van der Waals surface area (Å²) in [6.45, 7) is 1.25. The Bertz CT molecular complexity index is 526. The molecule has 2 aromatic rings. The minimum Gasteiger partial charge on any atom is -0.330 e. The zero-order valence-corrected chi connectivity index (χ0v) is 8.68. The number of pyridine rings is 1. The lowest BCUT2D eigenvalue weighted by Crippen LogP contribution is -2.23. The Kier molecular flexibility index (Phi) is 2.55. The van der Waals surface area contributed by atoms with Gasteiger partial charge in [0.05, 0.1) is 17.2 Å². The molecule has 2 heterocycles. The van der Waals surface area contributed by atoms with E-state index in [0.717, 1.165) is 17.5 Å². The maximum absolute atomic E-state index is 11.9. The fourth-order valence-corrected chi connectivity index (χ4v) is 1.72. The fourth-order valence-electron chi connectivity index (χ4n) is 1.72. The van der Waals surface area contributed by atoms with Gasteiger partial charge in [0.25, 0.3) is 0 Å². The van der Waals surface area contributed by atoms with Crippen LogP contribution >= 0.6 is 0 Å². The third-order valence-electron chi connectivity index (χ3n) is 2.53. The number of hydrogen-bond donors (Lipinski definition) is 1. The van der Waals surface area contributed by atoms with Gasteiger partial charge in [0.15, 0.2) is 0 Å².